The summed E-state index contributed by atoms with van der Waals surface area (Å²) >= 11 is 1.35. The lowest BCUT2D eigenvalue weighted by atomic mass is 9.94. The summed E-state index contributed by atoms with van der Waals surface area (Å²) in [5.74, 6) is -0.704. The van der Waals surface area contributed by atoms with E-state index >= 15 is 0 Å². The van der Waals surface area contributed by atoms with Gasteiger partial charge in [0, 0.05) is 5.70 Å². The molecule has 3 rings (SSSR count). The van der Waals surface area contributed by atoms with Crippen LogP contribution in [0.1, 0.15) is 31.9 Å². The second-order valence-corrected chi connectivity index (χ2v) is 6.79. The molecule has 0 fully saturated rings. The third-order valence-electron chi connectivity index (χ3n) is 4.26. The highest BCUT2D eigenvalue weighted by atomic mass is 32.2. The quantitative estimate of drug-likeness (QED) is 0.748. The molecule has 0 saturated carbocycles. The summed E-state index contributed by atoms with van der Waals surface area (Å²) in [6.45, 7) is 3.76. The average molecular weight is 388 g/mol. The Labute approximate surface area is 161 Å². The molecule has 8 heteroatoms. The number of allylic oxidation sites excluding steroid dienone is 1. The van der Waals surface area contributed by atoms with E-state index in [0.29, 0.717) is 27.9 Å². The first-order valence-corrected chi connectivity index (χ1v) is 9.31. The number of fused-ring (bicyclic) bond motifs is 1. The fourth-order valence-corrected chi connectivity index (χ4v) is 4.06. The highest BCUT2D eigenvalue weighted by Gasteiger charge is 2.41. The number of benzene rings is 1. The molecule has 2 heterocycles. The molecular formula is C19H20N2O5S. The average Bonchev–Trinajstić information content (AvgIpc) is 3.02. The molecule has 2 aliphatic rings. The summed E-state index contributed by atoms with van der Waals surface area (Å²) in [5, 5.41) is 11.7. The number of carbonyl (C=O) groups is 2. The van der Waals surface area contributed by atoms with E-state index in [4.69, 9.17) is 9.47 Å². The maximum atomic E-state index is 12.7. The van der Waals surface area contributed by atoms with Crippen molar-refractivity contribution in [2.45, 2.75) is 26.3 Å². The van der Waals surface area contributed by atoms with Crippen molar-refractivity contribution in [3.8, 4) is 5.75 Å². The van der Waals surface area contributed by atoms with E-state index in [2.05, 4.69) is 4.99 Å². The van der Waals surface area contributed by atoms with Gasteiger partial charge in [0.2, 0.25) is 0 Å². The number of thioether (sulfide) groups is 1. The van der Waals surface area contributed by atoms with E-state index in [0.717, 1.165) is 5.56 Å². The SMILES string of the molecule is CCOC(=O)C1=C(C)N=C2SC=C(CC(=O)O)N2C1c1ccc(OC)cc1. The summed E-state index contributed by atoms with van der Waals surface area (Å²) in [6, 6.07) is 6.83. The van der Waals surface area contributed by atoms with E-state index in [1.807, 2.05) is 24.3 Å². The molecule has 0 amide bonds. The van der Waals surface area contributed by atoms with Crippen molar-refractivity contribution in [2.75, 3.05) is 13.7 Å². The largest absolute Gasteiger partial charge is 0.497 e. The molecule has 0 aromatic heterocycles. The molecular weight excluding hydrogens is 368 g/mol. The summed E-state index contributed by atoms with van der Waals surface area (Å²) in [4.78, 5) is 30.3. The smallest absolute Gasteiger partial charge is 0.338 e. The number of hydrogen-bond donors (Lipinski definition) is 1. The lowest BCUT2D eigenvalue weighted by Gasteiger charge is -2.36. The molecule has 142 valence electrons. The van der Waals surface area contributed by atoms with Crippen molar-refractivity contribution in [3.63, 3.8) is 0 Å². The summed E-state index contributed by atoms with van der Waals surface area (Å²) in [5.41, 5.74) is 2.38. The van der Waals surface area contributed by atoms with Gasteiger partial charge in [-0.15, -0.1) is 0 Å². The molecule has 0 radical (unpaired) electrons. The van der Waals surface area contributed by atoms with Crippen molar-refractivity contribution < 1.29 is 24.2 Å². The van der Waals surface area contributed by atoms with Gasteiger partial charge in [-0.1, -0.05) is 23.9 Å². The molecule has 0 aliphatic carbocycles. The normalized spacial score (nSPS) is 18.6. The van der Waals surface area contributed by atoms with Crippen LogP contribution in [0, 0.1) is 0 Å². The number of carboxylic acids is 1. The van der Waals surface area contributed by atoms with Gasteiger partial charge in [-0.3, -0.25) is 4.79 Å². The minimum absolute atomic E-state index is 0.159. The number of aliphatic imine (C=N–C) groups is 1. The number of carboxylic acid groups (broad SMARTS) is 1. The Kier molecular flexibility index (Phi) is 5.55. The third kappa shape index (κ3) is 3.71. The van der Waals surface area contributed by atoms with Crippen LogP contribution >= 0.6 is 11.8 Å². The third-order valence-corrected chi connectivity index (χ3v) is 5.15. The van der Waals surface area contributed by atoms with Gasteiger partial charge in [-0.2, -0.15) is 0 Å². The number of carbonyl (C=O) groups excluding carboxylic acids is 1. The van der Waals surface area contributed by atoms with Crippen LogP contribution in [0.4, 0.5) is 0 Å². The fraction of sp³-hybridized carbons (Fsp3) is 0.316. The van der Waals surface area contributed by atoms with E-state index < -0.39 is 18.0 Å². The summed E-state index contributed by atoms with van der Waals surface area (Å²) in [6.07, 6.45) is -0.159. The molecule has 1 unspecified atom stereocenters. The van der Waals surface area contributed by atoms with Gasteiger partial charge in [-0.25, -0.2) is 9.79 Å². The lowest BCUT2D eigenvalue weighted by Crippen LogP contribution is -2.37. The minimum Gasteiger partial charge on any atom is -0.497 e. The first-order valence-electron chi connectivity index (χ1n) is 8.43. The van der Waals surface area contributed by atoms with Crippen LogP contribution in [0.2, 0.25) is 0 Å². The van der Waals surface area contributed by atoms with Crippen LogP contribution in [-0.2, 0) is 14.3 Å². The van der Waals surface area contributed by atoms with Gasteiger partial charge in [0.15, 0.2) is 5.17 Å². The Morgan fingerprint density at radius 2 is 2.00 bits per heavy atom. The number of methoxy groups -OCH3 is 1. The maximum Gasteiger partial charge on any atom is 0.338 e. The van der Waals surface area contributed by atoms with E-state index in [1.165, 1.54) is 11.8 Å². The Morgan fingerprint density at radius 3 is 2.59 bits per heavy atom. The molecule has 27 heavy (non-hydrogen) atoms. The number of ether oxygens (including phenoxy) is 2. The van der Waals surface area contributed by atoms with Crippen LogP contribution in [0.3, 0.4) is 0 Å². The molecule has 1 N–H and O–H groups in total. The van der Waals surface area contributed by atoms with Crippen LogP contribution < -0.4 is 4.74 Å². The highest BCUT2D eigenvalue weighted by molar-refractivity contribution is 8.16. The molecule has 1 aromatic rings. The Hall–Kier alpha value is -2.74. The van der Waals surface area contributed by atoms with Gasteiger partial charge >= 0.3 is 11.9 Å². The van der Waals surface area contributed by atoms with Gasteiger partial charge in [0.1, 0.15) is 5.75 Å². The predicted octanol–water partition coefficient (Wildman–Crippen LogP) is 3.31. The van der Waals surface area contributed by atoms with E-state index in [9.17, 15) is 14.7 Å². The van der Waals surface area contributed by atoms with Gasteiger partial charge in [0.05, 0.1) is 37.4 Å². The lowest BCUT2D eigenvalue weighted by molar-refractivity contribution is -0.139. The zero-order valence-corrected chi connectivity index (χ0v) is 16.1. The van der Waals surface area contributed by atoms with E-state index in [-0.39, 0.29) is 13.0 Å². The highest BCUT2D eigenvalue weighted by Crippen LogP contribution is 2.45. The first kappa shape index (κ1) is 19.0. The van der Waals surface area contributed by atoms with Gasteiger partial charge < -0.3 is 19.5 Å². The van der Waals surface area contributed by atoms with Crippen molar-refractivity contribution in [1.82, 2.24) is 4.90 Å². The van der Waals surface area contributed by atoms with Crippen molar-refractivity contribution in [2.24, 2.45) is 4.99 Å². The summed E-state index contributed by atoms with van der Waals surface area (Å²) < 4.78 is 10.5. The van der Waals surface area contributed by atoms with Crippen molar-refractivity contribution >= 4 is 28.9 Å². The Balaban J connectivity index is 2.10. The van der Waals surface area contributed by atoms with E-state index in [1.54, 1.807) is 31.3 Å². The minimum atomic E-state index is -0.944. The summed E-state index contributed by atoms with van der Waals surface area (Å²) in [7, 11) is 1.58. The molecule has 7 nitrogen and oxygen atoms in total. The standard InChI is InChI=1S/C19H20N2O5S/c1-4-26-18(24)16-11(2)20-19-21(13(10-27-19)9-15(22)23)17(16)12-5-7-14(25-3)8-6-12/h5-8,10,17H,4,9H2,1-3H3,(H,22,23). The Bertz CT molecular complexity index is 857. The number of rotatable bonds is 6. The predicted molar refractivity (Wildman–Crippen MR) is 102 cm³/mol. The number of nitrogens with zero attached hydrogens (tertiary/aromatic N) is 2. The molecule has 0 saturated heterocycles. The number of aliphatic carboxylic acids is 1. The van der Waals surface area contributed by atoms with Crippen LogP contribution in [0.15, 0.2) is 51.6 Å². The number of hydrogen-bond acceptors (Lipinski definition) is 7. The fourth-order valence-electron chi connectivity index (χ4n) is 3.10. The molecule has 0 bridgehead atoms. The molecule has 2 aliphatic heterocycles. The molecule has 0 spiro atoms. The Morgan fingerprint density at radius 1 is 1.30 bits per heavy atom. The second kappa shape index (κ2) is 7.87. The number of amidine groups is 1. The monoisotopic (exact) mass is 388 g/mol. The van der Waals surface area contributed by atoms with Crippen LogP contribution in [0.25, 0.3) is 0 Å². The van der Waals surface area contributed by atoms with Gasteiger partial charge in [-0.05, 0) is 37.0 Å². The molecule has 1 aromatic carbocycles. The maximum absolute atomic E-state index is 12.7. The zero-order valence-electron chi connectivity index (χ0n) is 15.3. The second-order valence-electron chi connectivity index (χ2n) is 5.96. The topological polar surface area (TPSA) is 88.4 Å². The van der Waals surface area contributed by atoms with Crippen LogP contribution in [-0.4, -0.2) is 40.8 Å². The van der Waals surface area contributed by atoms with Crippen molar-refractivity contribution in [1.29, 1.82) is 0 Å². The molecule has 1 atom stereocenters. The van der Waals surface area contributed by atoms with Crippen molar-refractivity contribution in [3.05, 3.63) is 52.2 Å². The zero-order chi connectivity index (χ0) is 19.6. The number of esters is 1. The van der Waals surface area contributed by atoms with Crippen LogP contribution in [0.5, 0.6) is 5.75 Å². The van der Waals surface area contributed by atoms with Gasteiger partial charge in [0.25, 0.3) is 0 Å². The first-order chi connectivity index (χ1) is 13.0.